The Bertz CT molecular complexity index is 1080. The van der Waals surface area contributed by atoms with E-state index in [4.69, 9.17) is 5.73 Å². The number of nitrogens with two attached hydrogens (primary N) is 1. The summed E-state index contributed by atoms with van der Waals surface area (Å²) in [5.41, 5.74) is 9.48. The Hall–Kier alpha value is -3.75. The van der Waals surface area contributed by atoms with Gasteiger partial charge in [-0.3, -0.25) is 9.36 Å². The molecule has 0 atom stereocenters. The van der Waals surface area contributed by atoms with E-state index in [0.717, 1.165) is 11.3 Å². The molecule has 0 unspecified atom stereocenters. The number of pyridine rings is 1. The van der Waals surface area contributed by atoms with Crippen LogP contribution in [0.25, 0.3) is 16.9 Å². The van der Waals surface area contributed by atoms with Gasteiger partial charge in [-0.2, -0.15) is 5.10 Å². The predicted molar refractivity (Wildman–Crippen MR) is 100 cm³/mol. The smallest absolute Gasteiger partial charge is 0.253 e. The van der Waals surface area contributed by atoms with Crippen LogP contribution in [0, 0.1) is 0 Å². The van der Waals surface area contributed by atoms with E-state index in [1.54, 1.807) is 27.8 Å². The molecule has 0 bridgehead atoms. The van der Waals surface area contributed by atoms with E-state index in [1.165, 1.54) is 6.33 Å². The number of anilines is 1. The van der Waals surface area contributed by atoms with Crippen molar-refractivity contribution in [3.05, 3.63) is 60.3 Å². The second-order valence-corrected chi connectivity index (χ2v) is 5.97. The van der Waals surface area contributed by atoms with Crippen molar-refractivity contribution in [1.29, 1.82) is 0 Å². The number of imidazole rings is 1. The molecular weight excluding hydrogens is 344 g/mol. The van der Waals surface area contributed by atoms with Gasteiger partial charge in [-0.15, -0.1) is 0 Å². The highest BCUT2D eigenvalue weighted by molar-refractivity contribution is 5.96. The summed E-state index contributed by atoms with van der Waals surface area (Å²) in [6, 6.07) is 9.41. The lowest BCUT2D eigenvalue weighted by Crippen LogP contribution is -2.23. The fraction of sp³-hybridized carbons (Fsp3) is 0.167. The molecule has 1 aromatic carbocycles. The van der Waals surface area contributed by atoms with E-state index in [9.17, 15) is 4.79 Å². The molecule has 0 fully saturated rings. The molecule has 4 aromatic rings. The number of benzene rings is 1. The van der Waals surface area contributed by atoms with Crippen LogP contribution >= 0.6 is 0 Å². The molecule has 4 rings (SSSR count). The van der Waals surface area contributed by atoms with Crippen molar-refractivity contribution < 1.29 is 4.79 Å². The average molecular weight is 362 g/mol. The summed E-state index contributed by atoms with van der Waals surface area (Å²) in [6.07, 6.45) is 4.65. The largest absolute Gasteiger partial charge is 0.369 e. The third kappa shape index (κ3) is 3.22. The fourth-order valence-corrected chi connectivity index (χ4v) is 2.86. The van der Waals surface area contributed by atoms with Crippen molar-refractivity contribution in [3.8, 4) is 5.69 Å². The lowest BCUT2D eigenvalue weighted by molar-refractivity contribution is 0.0950. The van der Waals surface area contributed by atoms with Crippen LogP contribution in [0.5, 0.6) is 0 Å². The third-order valence-corrected chi connectivity index (χ3v) is 4.27. The van der Waals surface area contributed by atoms with E-state index in [1.807, 2.05) is 31.2 Å². The van der Waals surface area contributed by atoms with Gasteiger partial charge in [0.15, 0.2) is 5.65 Å². The molecule has 0 aliphatic carbocycles. The van der Waals surface area contributed by atoms with Crippen molar-refractivity contribution in [1.82, 2.24) is 34.6 Å². The van der Waals surface area contributed by atoms with Gasteiger partial charge in [0.25, 0.3) is 5.91 Å². The first-order valence-corrected chi connectivity index (χ1v) is 8.49. The van der Waals surface area contributed by atoms with E-state index >= 15 is 0 Å². The monoisotopic (exact) mass is 362 g/mol. The number of fused-ring (bicyclic) bond motifs is 1. The van der Waals surface area contributed by atoms with Crippen LogP contribution < -0.4 is 11.1 Å². The summed E-state index contributed by atoms with van der Waals surface area (Å²) in [6.45, 7) is 3.04. The SMILES string of the molecule is CCn1c(N)nc2cc(C(=O)NCc3ccc(-n4cncn4)cc3)cnc21. The minimum absolute atomic E-state index is 0.214. The maximum absolute atomic E-state index is 12.4. The van der Waals surface area contributed by atoms with Crippen LogP contribution in [0.3, 0.4) is 0 Å². The molecule has 1 amide bonds. The lowest BCUT2D eigenvalue weighted by Gasteiger charge is -2.07. The summed E-state index contributed by atoms with van der Waals surface area (Å²) < 4.78 is 3.47. The predicted octanol–water partition coefficient (Wildman–Crippen LogP) is 1.54. The number of rotatable bonds is 5. The van der Waals surface area contributed by atoms with Gasteiger partial charge < -0.3 is 11.1 Å². The van der Waals surface area contributed by atoms with Crippen molar-refractivity contribution in [2.24, 2.45) is 0 Å². The molecule has 136 valence electrons. The van der Waals surface area contributed by atoms with Crippen LogP contribution in [-0.2, 0) is 13.1 Å². The van der Waals surface area contributed by atoms with Gasteiger partial charge >= 0.3 is 0 Å². The van der Waals surface area contributed by atoms with Gasteiger partial charge in [0.2, 0.25) is 5.95 Å². The normalized spacial score (nSPS) is 11.0. The van der Waals surface area contributed by atoms with Gasteiger partial charge in [0, 0.05) is 19.3 Å². The summed E-state index contributed by atoms with van der Waals surface area (Å²) in [5, 5.41) is 6.97. The Morgan fingerprint density at radius 2 is 2.07 bits per heavy atom. The molecule has 0 aliphatic rings. The zero-order valence-electron chi connectivity index (χ0n) is 14.7. The summed E-state index contributed by atoms with van der Waals surface area (Å²) >= 11 is 0. The third-order valence-electron chi connectivity index (χ3n) is 4.27. The first kappa shape index (κ1) is 16.7. The first-order valence-electron chi connectivity index (χ1n) is 8.49. The summed E-state index contributed by atoms with van der Waals surface area (Å²) in [7, 11) is 0. The molecular formula is C18H18N8O. The number of carbonyl (C=O) groups excluding carboxylic acids is 1. The van der Waals surface area contributed by atoms with Crippen LogP contribution in [-0.4, -0.2) is 35.2 Å². The molecule has 3 heterocycles. The highest BCUT2D eigenvalue weighted by Crippen LogP contribution is 2.17. The Balaban J connectivity index is 1.45. The van der Waals surface area contributed by atoms with Crippen molar-refractivity contribution in [2.75, 3.05) is 5.73 Å². The Labute approximate surface area is 154 Å². The van der Waals surface area contributed by atoms with Crippen LogP contribution in [0.4, 0.5) is 5.95 Å². The van der Waals surface area contributed by atoms with Crippen LogP contribution in [0.1, 0.15) is 22.8 Å². The molecule has 0 saturated heterocycles. The standard InChI is InChI=1S/C18H18N8O/c1-2-25-16-15(24-18(25)19)7-13(9-21-16)17(27)22-8-12-3-5-14(6-4-12)26-11-20-10-23-26/h3-7,9-11H,2,8H2,1H3,(H2,19,24)(H,22,27). The molecule has 9 heteroatoms. The number of carbonyl (C=O) groups is 1. The number of hydrogen-bond acceptors (Lipinski definition) is 6. The van der Waals surface area contributed by atoms with Crippen molar-refractivity contribution >= 4 is 23.0 Å². The summed E-state index contributed by atoms with van der Waals surface area (Å²) in [5.74, 6) is 0.180. The number of hydrogen-bond donors (Lipinski definition) is 2. The number of amides is 1. The summed E-state index contributed by atoms with van der Waals surface area (Å²) in [4.78, 5) is 25.0. The quantitative estimate of drug-likeness (QED) is 0.556. The van der Waals surface area contributed by atoms with Crippen molar-refractivity contribution in [2.45, 2.75) is 20.0 Å². The maximum Gasteiger partial charge on any atom is 0.253 e. The van der Waals surface area contributed by atoms with E-state index in [0.29, 0.717) is 35.8 Å². The molecule has 3 N–H and O–H groups in total. The Morgan fingerprint density at radius 1 is 1.26 bits per heavy atom. The maximum atomic E-state index is 12.4. The second-order valence-electron chi connectivity index (χ2n) is 5.97. The first-order chi connectivity index (χ1) is 13.2. The molecule has 27 heavy (non-hydrogen) atoms. The minimum atomic E-state index is -0.214. The Kier molecular flexibility index (Phi) is 4.25. The minimum Gasteiger partial charge on any atom is -0.369 e. The molecule has 0 aliphatic heterocycles. The lowest BCUT2D eigenvalue weighted by atomic mass is 10.2. The molecule has 0 radical (unpaired) electrons. The number of aromatic nitrogens is 6. The van der Waals surface area contributed by atoms with Gasteiger partial charge in [-0.05, 0) is 30.7 Å². The highest BCUT2D eigenvalue weighted by Gasteiger charge is 2.12. The zero-order valence-corrected chi connectivity index (χ0v) is 14.7. The molecule has 9 nitrogen and oxygen atoms in total. The Morgan fingerprint density at radius 3 is 2.78 bits per heavy atom. The number of nitrogen functional groups attached to an aromatic ring is 1. The second kappa shape index (κ2) is 6.87. The molecule has 3 aromatic heterocycles. The topological polar surface area (TPSA) is 117 Å². The van der Waals surface area contributed by atoms with Crippen LogP contribution in [0.2, 0.25) is 0 Å². The van der Waals surface area contributed by atoms with E-state index in [2.05, 4.69) is 25.4 Å². The number of aryl methyl sites for hydroxylation is 1. The molecule has 0 spiro atoms. The fourth-order valence-electron chi connectivity index (χ4n) is 2.86. The highest BCUT2D eigenvalue weighted by atomic mass is 16.1. The number of nitrogens with one attached hydrogen (secondary N) is 1. The van der Waals surface area contributed by atoms with Gasteiger partial charge in [-0.25, -0.2) is 19.6 Å². The van der Waals surface area contributed by atoms with Gasteiger partial charge in [0.05, 0.1) is 11.3 Å². The average Bonchev–Trinajstić information content (AvgIpc) is 3.33. The van der Waals surface area contributed by atoms with E-state index < -0.39 is 0 Å². The van der Waals surface area contributed by atoms with E-state index in [-0.39, 0.29) is 5.91 Å². The van der Waals surface area contributed by atoms with Crippen LogP contribution in [0.15, 0.2) is 49.2 Å². The van der Waals surface area contributed by atoms with Gasteiger partial charge in [-0.1, -0.05) is 12.1 Å². The molecule has 0 saturated carbocycles. The van der Waals surface area contributed by atoms with Crippen molar-refractivity contribution in [3.63, 3.8) is 0 Å². The number of nitrogens with zero attached hydrogens (tertiary/aromatic N) is 6. The van der Waals surface area contributed by atoms with Gasteiger partial charge in [0.1, 0.15) is 18.2 Å². The zero-order chi connectivity index (χ0) is 18.8.